The van der Waals surface area contributed by atoms with Gasteiger partial charge in [-0.3, -0.25) is 9.69 Å². The third-order valence-electron chi connectivity index (χ3n) is 2.66. The lowest BCUT2D eigenvalue weighted by Crippen LogP contribution is -2.52. The highest BCUT2D eigenvalue weighted by atomic mass is 16.4. The normalized spacial score (nSPS) is 15.8. The van der Waals surface area contributed by atoms with Crippen molar-refractivity contribution in [1.29, 1.82) is 0 Å². The molecule has 0 aliphatic carbocycles. The van der Waals surface area contributed by atoms with Crippen molar-refractivity contribution in [3.05, 3.63) is 0 Å². The Bertz CT molecular complexity index is 166. The zero-order valence-corrected chi connectivity index (χ0v) is 9.13. The van der Waals surface area contributed by atoms with E-state index < -0.39 is 11.5 Å². The first-order valence-electron chi connectivity index (χ1n) is 5.01. The van der Waals surface area contributed by atoms with Gasteiger partial charge in [-0.25, -0.2) is 0 Å². The molecule has 0 aliphatic heterocycles. The maximum absolute atomic E-state index is 11.1. The lowest BCUT2D eigenvalue weighted by molar-refractivity contribution is -0.151. The second kappa shape index (κ2) is 5.22. The van der Waals surface area contributed by atoms with Gasteiger partial charge < -0.3 is 5.11 Å². The number of nitrogens with zero attached hydrogens (tertiary/aromatic N) is 1. The van der Waals surface area contributed by atoms with E-state index in [-0.39, 0.29) is 0 Å². The largest absolute Gasteiger partial charge is 0.480 e. The minimum absolute atomic E-state index is 0.682. The molecule has 1 N–H and O–H groups in total. The molecule has 78 valence electrons. The van der Waals surface area contributed by atoms with E-state index in [4.69, 9.17) is 5.11 Å². The average Bonchev–Trinajstić information content (AvgIpc) is 2.06. The van der Waals surface area contributed by atoms with Crippen LogP contribution in [-0.4, -0.2) is 34.6 Å². The molecule has 0 rings (SSSR count). The number of carboxylic acids is 1. The standard InChI is InChI=1S/C10H21NO2/c1-5-8-10(4,9(12)13)11(6-2)7-3/h5-8H2,1-4H3,(H,12,13). The lowest BCUT2D eigenvalue weighted by Gasteiger charge is -2.36. The molecule has 3 nitrogen and oxygen atoms in total. The van der Waals surface area contributed by atoms with Crippen LogP contribution in [0.15, 0.2) is 0 Å². The van der Waals surface area contributed by atoms with E-state index in [1.54, 1.807) is 0 Å². The highest BCUT2D eigenvalue weighted by Gasteiger charge is 2.36. The van der Waals surface area contributed by atoms with Crippen molar-refractivity contribution < 1.29 is 9.90 Å². The maximum atomic E-state index is 11.1. The maximum Gasteiger partial charge on any atom is 0.323 e. The van der Waals surface area contributed by atoms with Crippen molar-refractivity contribution in [2.75, 3.05) is 13.1 Å². The molecule has 0 saturated carbocycles. The monoisotopic (exact) mass is 187 g/mol. The van der Waals surface area contributed by atoms with Crippen LogP contribution >= 0.6 is 0 Å². The highest BCUT2D eigenvalue weighted by molar-refractivity contribution is 5.78. The number of carboxylic acid groups (broad SMARTS) is 1. The lowest BCUT2D eigenvalue weighted by atomic mass is 9.94. The summed E-state index contributed by atoms with van der Waals surface area (Å²) in [5.41, 5.74) is -0.682. The van der Waals surface area contributed by atoms with Crippen LogP contribution in [0.2, 0.25) is 0 Å². The van der Waals surface area contributed by atoms with Gasteiger partial charge >= 0.3 is 5.97 Å². The van der Waals surface area contributed by atoms with Crippen LogP contribution in [0.1, 0.15) is 40.5 Å². The van der Waals surface area contributed by atoms with E-state index >= 15 is 0 Å². The fourth-order valence-electron chi connectivity index (χ4n) is 1.81. The smallest absolute Gasteiger partial charge is 0.323 e. The molecule has 1 atom stereocenters. The van der Waals surface area contributed by atoms with E-state index in [1.807, 2.05) is 32.6 Å². The van der Waals surface area contributed by atoms with Gasteiger partial charge in [0.15, 0.2) is 0 Å². The predicted octanol–water partition coefficient (Wildman–Crippen LogP) is 1.97. The Morgan fingerprint density at radius 2 is 1.77 bits per heavy atom. The Balaban J connectivity index is 4.64. The topological polar surface area (TPSA) is 40.5 Å². The molecule has 0 aromatic rings. The molecule has 0 heterocycles. The van der Waals surface area contributed by atoms with Crippen LogP contribution in [0.5, 0.6) is 0 Å². The van der Waals surface area contributed by atoms with Crippen molar-refractivity contribution in [2.45, 2.75) is 46.1 Å². The summed E-state index contributed by atoms with van der Waals surface area (Å²) >= 11 is 0. The molecule has 0 aliphatic rings. The summed E-state index contributed by atoms with van der Waals surface area (Å²) in [6, 6.07) is 0. The molecule has 1 unspecified atom stereocenters. The Morgan fingerprint density at radius 3 is 2.00 bits per heavy atom. The summed E-state index contributed by atoms with van der Waals surface area (Å²) in [5, 5.41) is 9.15. The summed E-state index contributed by atoms with van der Waals surface area (Å²) in [6.45, 7) is 9.41. The van der Waals surface area contributed by atoms with Gasteiger partial charge in [0, 0.05) is 0 Å². The van der Waals surface area contributed by atoms with Gasteiger partial charge in [-0.2, -0.15) is 0 Å². The number of likely N-dealkylation sites (N-methyl/N-ethyl adjacent to an activating group) is 1. The SMILES string of the molecule is CCCC(C)(C(=O)O)N(CC)CC. The summed E-state index contributed by atoms with van der Waals surface area (Å²) in [5.74, 6) is -0.710. The quantitative estimate of drug-likeness (QED) is 0.691. The van der Waals surface area contributed by atoms with E-state index in [1.165, 1.54) is 0 Å². The summed E-state index contributed by atoms with van der Waals surface area (Å²) in [7, 11) is 0. The van der Waals surface area contributed by atoms with Crippen LogP contribution in [0.3, 0.4) is 0 Å². The predicted molar refractivity (Wildman–Crippen MR) is 53.9 cm³/mol. The average molecular weight is 187 g/mol. The van der Waals surface area contributed by atoms with Gasteiger partial charge in [-0.1, -0.05) is 27.2 Å². The molecule has 13 heavy (non-hydrogen) atoms. The number of aliphatic carboxylic acids is 1. The molecule has 3 heteroatoms. The molecule has 0 aromatic carbocycles. The van der Waals surface area contributed by atoms with E-state index in [0.29, 0.717) is 6.42 Å². The number of hydrogen-bond acceptors (Lipinski definition) is 2. The zero-order chi connectivity index (χ0) is 10.5. The van der Waals surface area contributed by atoms with Crippen molar-refractivity contribution in [2.24, 2.45) is 0 Å². The summed E-state index contributed by atoms with van der Waals surface area (Å²) in [6.07, 6.45) is 1.61. The first-order valence-corrected chi connectivity index (χ1v) is 5.01. The fraction of sp³-hybridized carbons (Fsp3) is 0.900. The van der Waals surface area contributed by atoms with Gasteiger partial charge in [0.25, 0.3) is 0 Å². The first-order chi connectivity index (χ1) is 6.02. The molecular formula is C10H21NO2. The van der Waals surface area contributed by atoms with Crippen LogP contribution in [-0.2, 0) is 4.79 Å². The van der Waals surface area contributed by atoms with Gasteiger partial charge in [-0.15, -0.1) is 0 Å². The summed E-state index contributed by atoms with van der Waals surface area (Å²) < 4.78 is 0. The second-order valence-electron chi connectivity index (χ2n) is 3.50. The van der Waals surface area contributed by atoms with E-state index in [2.05, 4.69) is 0 Å². The van der Waals surface area contributed by atoms with Crippen LogP contribution in [0.4, 0.5) is 0 Å². The van der Waals surface area contributed by atoms with Crippen LogP contribution in [0.25, 0.3) is 0 Å². The van der Waals surface area contributed by atoms with Crippen LogP contribution < -0.4 is 0 Å². The van der Waals surface area contributed by atoms with Crippen molar-refractivity contribution in [3.63, 3.8) is 0 Å². The molecule has 0 amide bonds. The highest BCUT2D eigenvalue weighted by Crippen LogP contribution is 2.21. The Morgan fingerprint density at radius 1 is 1.31 bits per heavy atom. The Kier molecular flexibility index (Phi) is 4.99. The Labute approximate surface area is 80.7 Å². The van der Waals surface area contributed by atoms with Crippen molar-refractivity contribution in [3.8, 4) is 0 Å². The summed E-state index contributed by atoms with van der Waals surface area (Å²) in [4.78, 5) is 13.1. The number of hydrogen-bond donors (Lipinski definition) is 1. The van der Waals surface area contributed by atoms with Crippen molar-refractivity contribution in [1.82, 2.24) is 4.90 Å². The van der Waals surface area contributed by atoms with Crippen LogP contribution in [0, 0.1) is 0 Å². The molecule has 0 bridgehead atoms. The van der Waals surface area contributed by atoms with Gasteiger partial charge in [0.1, 0.15) is 5.54 Å². The molecule has 0 spiro atoms. The zero-order valence-electron chi connectivity index (χ0n) is 9.13. The third kappa shape index (κ3) is 2.69. The minimum Gasteiger partial charge on any atom is -0.480 e. The minimum atomic E-state index is -0.710. The molecular weight excluding hydrogens is 166 g/mol. The van der Waals surface area contributed by atoms with Crippen molar-refractivity contribution >= 4 is 5.97 Å². The van der Waals surface area contributed by atoms with Gasteiger partial charge in [-0.05, 0) is 26.4 Å². The van der Waals surface area contributed by atoms with Gasteiger partial charge in [0.05, 0.1) is 0 Å². The number of rotatable bonds is 6. The first kappa shape index (κ1) is 12.4. The van der Waals surface area contributed by atoms with E-state index in [9.17, 15) is 4.79 Å². The Hall–Kier alpha value is -0.570. The molecule has 0 fully saturated rings. The van der Waals surface area contributed by atoms with E-state index in [0.717, 1.165) is 19.5 Å². The second-order valence-corrected chi connectivity index (χ2v) is 3.50. The molecule has 0 aromatic heterocycles. The fourth-order valence-corrected chi connectivity index (χ4v) is 1.81. The van der Waals surface area contributed by atoms with Gasteiger partial charge in [0.2, 0.25) is 0 Å². The third-order valence-corrected chi connectivity index (χ3v) is 2.66. The molecule has 0 radical (unpaired) electrons. The number of carbonyl (C=O) groups is 1. The molecule has 0 saturated heterocycles.